The molecule has 8 aromatic carbocycles. The third-order valence-electron chi connectivity index (χ3n) is 11.9. The standard InChI is InChI=1S/C52H35NO2/c1-52(2)46-19-7-5-12-40(46)41-30-29-36(31-47(41)52)53(35-27-23-33(24-28-35)38-16-10-18-45-42-13-6-8-20-48(42)55-51(38)45)34-25-21-32(22-26-34)37-15-9-17-43-39-11-3-4-14-44(39)50(54)49(37)43/h3-31H,1-2H3. The molecule has 0 N–H and O–H groups in total. The van der Waals surface area contributed by atoms with Crippen LogP contribution in [0.4, 0.5) is 17.1 Å². The highest BCUT2D eigenvalue weighted by molar-refractivity contribution is 6.24. The lowest BCUT2D eigenvalue weighted by atomic mass is 9.82. The Morgan fingerprint density at radius 3 is 1.76 bits per heavy atom. The molecule has 0 saturated heterocycles. The van der Waals surface area contributed by atoms with Crippen LogP contribution in [0.25, 0.3) is 66.4 Å². The predicted molar refractivity (Wildman–Crippen MR) is 226 cm³/mol. The van der Waals surface area contributed by atoms with Crippen LogP contribution >= 0.6 is 0 Å². The van der Waals surface area contributed by atoms with Gasteiger partial charge in [-0.1, -0.05) is 147 Å². The molecular weight excluding hydrogens is 671 g/mol. The third kappa shape index (κ3) is 4.66. The highest BCUT2D eigenvalue weighted by atomic mass is 16.3. The highest BCUT2D eigenvalue weighted by Crippen LogP contribution is 2.51. The minimum Gasteiger partial charge on any atom is -0.455 e. The number of carbonyl (C=O) groups is 1. The Morgan fingerprint density at radius 2 is 0.982 bits per heavy atom. The van der Waals surface area contributed by atoms with Gasteiger partial charge in [0.25, 0.3) is 0 Å². The van der Waals surface area contributed by atoms with E-state index in [1.165, 1.54) is 22.3 Å². The monoisotopic (exact) mass is 705 g/mol. The fraction of sp³-hybridized carbons (Fsp3) is 0.0577. The van der Waals surface area contributed by atoms with Crippen LogP contribution in [0.5, 0.6) is 0 Å². The van der Waals surface area contributed by atoms with Crippen LogP contribution in [0, 0.1) is 0 Å². The van der Waals surface area contributed by atoms with Crippen LogP contribution in [0.15, 0.2) is 180 Å². The van der Waals surface area contributed by atoms with Crippen LogP contribution in [0.1, 0.15) is 40.9 Å². The number of anilines is 3. The summed E-state index contributed by atoms with van der Waals surface area (Å²) in [4.78, 5) is 16.0. The van der Waals surface area contributed by atoms with Gasteiger partial charge in [0.15, 0.2) is 5.78 Å². The fourth-order valence-electron chi connectivity index (χ4n) is 9.15. The van der Waals surface area contributed by atoms with Crippen molar-refractivity contribution in [1.82, 2.24) is 0 Å². The molecule has 2 aliphatic rings. The number of hydrogen-bond acceptors (Lipinski definition) is 3. The number of benzene rings is 8. The summed E-state index contributed by atoms with van der Waals surface area (Å²) in [5.74, 6) is 0.0899. The first-order chi connectivity index (χ1) is 27.0. The summed E-state index contributed by atoms with van der Waals surface area (Å²) < 4.78 is 6.41. The van der Waals surface area contributed by atoms with E-state index < -0.39 is 0 Å². The molecule has 1 heterocycles. The maximum Gasteiger partial charge on any atom is 0.194 e. The van der Waals surface area contributed by atoms with Crippen molar-refractivity contribution >= 4 is 44.8 Å². The van der Waals surface area contributed by atoms with Gasteiger partial charge in [0.2, 0.25) is 0 Å². The first-order valence-electron chi connectivity index (χ1n) is 18.9. The first kappa shape index (κ1) is 31.5. The number of para-hydroxylation sites is 2. The molecule has 0 saturated carbocycles. The Kier molecular flexibility index (Phi) is 6.75. The summed E-state index contributed by atoms with van der Waals surface area (Å²) in [6, 6.07) is 61.9. The number of hydrogen-bond donors (Lipinski definition) is 0. The van der Waals surface area contributed by atoms with Gasteiger partial charge in [-0.25, -0.2) is 0 Å². The molecule has 0 atom stereocenters. The summed E-state index contributed by atoms with van der Waals surface area (Å²) in [6.07, 6.45) is 0. The Hall–Kier alpha value is -6.97. The summed E-state index contributed by atoms with van der Waals surface area (Å²) >= 11 is 0. The van der Waals surface area contributed by atoms with E-state index in [-0.39, 0.29) is 11.2 Å². The SMILES string of the molecule is CC1(C)c2ccccc2-c2ccc(N(c3ccc(-c4cccc5c4C(=O)c4ccccc4-5)cc3)c3ccc(-c4cccc5c4oc4ccccc45)cc3)cc21. The van der Waals surface area contributed by atoms with Crippen LogP contribution < -0.4 is 4.90 Å². The van der Waals surface area contributed by atoms with E-state index in [0.29, 0.717) is 0 Å². The Morgan fingerprint density at radius 1 is 0.436 bits per heavy atom. The van der Waals surface area contributed by atoms with Crippen LogP contribution in [-0.2, 0) is 5.41 Å². The van der Waals surface area contributed by atoms with Gasteiger partial charge in [0, 0.05) is 49.9 Å². The van der Waals surface area contributed by atoms with Gasteiger partial charge in [0.05, 0.1) is 0 Å². The molecule has 260 valence electrons. The highest BCUT2D eigenvalue weighted by Gasteiger charge is 2.36. The number of furan rings is 1. The second-order valence-corrected chi connectivity index (χ2v) is 15.2. The zero-order chi connectivity index (χ0) is 36.8. The van der Waals surface area contributed by atoms with Gasteiger partial charge in [0.1, 0.15) is 11.2 Å². The summed E-state index contributed by atoms with van der Waals surface area (Å²) in [6.45, 7) is 4.65. The number of rotatable bonds is 5. The van der Waals surface area contributed by atoms with E-state index in [1.54, 1.807) is 0 Å². The average molecular weight is 706 g/mol. The zero-order valence-electron chi connectivity index (χ0n) is 30.5. The zero-order valence-corrected chi connectivity index (χ0v) is 30.5. The summed E-state index contributed by atoms with van der Waals surface area (Å²) in [5, 5.41) is 2.25. The largest absolute Gasteiger partial charge is 0.455 e. The number of carbonyl (C=O) groups excluding carboxylic acids is 1. The smallest absolute Gasteiger partial charge is 0.194 e. The van der Waals surface area contributed by atoms with Crippen LogP contribution in [-0.4, -0.2) is 5.78 Å². The maximum absolute atomic E-state index is 13.7. The van der Waals surface area contributed by atoms with Gasteiger partial charge in [-0.05, 0) is 92.5 Å². The molecular formula is C52H35NO2. The molecule has 0 amide bonds. The Balaban J connectivity index is 1.03. The minimum absolute atomic E-state index is 0.0899. The fourth-order valence-corrected chi connectivity index (χ4v) is 9.15. The normalized spacial score (nSPS) is 13.5. The first-order valence-corrected chi connectivity index (χ1v) is 18.9. The van der Waals surface area contributed by atoms with Crippen molar-refractivity contribution in [2.24, 2.45) is 0 Å². The molecule has 3 heteroatoms. The second kappa shape index (κ2) is 11.8. The lowest BCUT2D eigenvalue weighted by Gasteiger charge is -2.28. The van der Waals surface area contributed by atoms with Crippen molar-refractivity contribution in [3.63, 3.8) is 0 Å². The van der Waals surface area contributed by atoms with Crippen molar-refractivity contribution in [3.8, 4) is 44.5 Å². The Bertz CT molecular complexity index is 3020. The average Bonchev–Trinajstić information content (AvgIpc) is 3.84. The molecule has 0 bridgehead atoms. The van der Waals surface area contributed by atoms with E-state index in [2.05, 4.69) is 158 Å². The van der Waals surface area contributed by atoms with Gasteiger partial charge < -0.3 is 9.32 Å². The molecule has 1 aromatic heterocycles. The van der Waals surface area contributed by atoms with Crippen LogP contribution in [0.3, 0.4) is 0 Å². The Labute approximate surface area is 319 Å². The van der Waals surface area contributed by atoms with Crippen molar-refractivity contribution in [2.75, 3.05) is 4.90 Å². The molecule has 0 fully saturated rings. The lowest BCUT2D eigenvalue weighted by Crippen LogP contribution is -2.16. The van der Waals surface area contributed by atoms with E-state index in [1.807, 2.05) is 36.4 Å². The second-order valence-electron chi connectivity index (χ2n) is 15.2. The third-order valence-corrected chi connectivity index (χ3v) is 11.9. The number of fused-ring (bicyclic) bond motifs is 9. The molecule has 9 aromatic rings. The topological polar surface area (TPSA) is 33.5 Å². The quantitative estimate of drug-likeness (QED) is 0.179. The van der Waals surface area contributed by atoms with Crippen molar-refractivity contribution in [2.45, 2.75) is 19.3 Å². The van der Waals surface area contributed by atoms with Gasteiger partial charge in [-0.15, -0.1) is 0 Å². The maximum atomic E-state index is 13.7. The van der Waals surface area contributed by atoms with Crippen LogP contribution in [0.2, 0.25) is 0 Å². The van der Waals surface area contributed by atoms with Crippen molar-refractivity contribution in [1.29, 1.82) is 0 Å². The van der Waals surface area contributed by atoms with E-state index >= 15 is 0 Å². The minimum atomic E-state index is -0.135. The molecule has 0 unspecified atom stereocenters. The number of ketones is 1. The summed E-state index contributed by atoms with van der Waals surface area (Å²) in [5.41, 5.74) is 17.8. The van der Waals surface area contributed by atoms with E-state index in [9.17, 15) is 4.79 Å². The van der Waals surface area contributed by atoms with Gasteiger partial charge in [-0.3, -0.25) is 4.79 Å². The molecule has 0 spiro atoms. The number of nitrogens with zero attached hydrogens (tertiary/aromatic N) is 1. The lowest BCUT2D eigenvalue weighted by molar-refractivity contribution is 0.104. The molecule has 0 aliphatic heterocycles. The van der Waals surface area contributed by atoms with Gasteiger partial charge in [-0.2, -0.15) is 0 Å². The molecule has 0 radical (unpaired) electrons. The predicted octanol–water partition coefficient (Wildman–Crippen LogP) is 13.9. The van der Waals surface area contributed by atoms with Gasteiger partial charge >= 0.3 is 0 Å². The van der Waals surface area contributed by atoms with Crippen molar-refractivity contribution < 1.29 is 9.21 Å². The van der Waals surface area contributed by atoms with E-state index in [0.717, 1.165) is 83.5 Å². The molecule has 2 aliphatic carbocycles. The molecule has 55 heavy (non-hydrogen) atoms. The molecule has 3 nitrogen and oxygen atoms in total. The summed E-state index contributed by atoms with van der Waals surface area (Å²) in [7, 11) is 0. The van der Waals surface area contributed by atoms with E-state index in [4.69, 9.17) is 4.42 Å². The van der Waals surface area contributed by atoms with Crippen molar-refractivity contribution in [3.05, 3.63) is 198 Å². The molecule has 11 rings (SSSR count).